The van der Waals surface area contributed by atoms with E-state index in [4.69, 9.17) is 4.98 Å². The zero-order valence-electron chi connectivity index (χ0n) is 18.3. The monoisotopic (exact) mass is 398 g/mol. The lowest BCUT2D eigenvalue weighted by Crippen LogP contribution is -2.15. The van der Waals surface area contributed by atoms with Gasteiger partial charge in [-0.05, 0) is 55.6 Å². The third-order valence-corrected chi connectivity index (χ3v) is 7.32. The van der Waals surface area contributed by atoms with Gasteiger partial charge in [-0.2, -0.15) is 0 Å². The van der Waals surface area contributed by atoms with Crippen molar-refractivity contribution in [3.05, 3.63) is 71.5 Å². The number of aromatic nitrogens is 2. The minimum absolute atomic E-state index is 0.682. The molecular weight excluding hydrogens is 364 g/mol. The quantitative estimate of drug-likeness (QED) is 0.436. The molecule has 3 aromatic rings. The SMILES string of the molecule is Cc1cc(C2CCCCC2)c(-n2ccnc2-c2ccccc2)c(C2CCCCC2)c1. The van der Waals surface area contributed by atoms with Gasteiger partial charge in [-0.1, -0.05) is 86.6 Å². The predicted molar refractivity (Wildman–Crippen MR) is 125 cm³/mol. The number of rotatable bonds is 4. The molecule has 0 unspecified atom stereocenters. The molecule has 2 saturated carbocycles. The zero-order valence-corrected chi connectivity index (χ0v) is 18.3. The van der Waals surface area contributed by atoms with E-state index in [1.54, 1.807) is 11.1 Å². The Morgan fingerprint density at radius 2 is 1.33 bits per heavy atom. The van der Waals surface area contributed by atoms with Gasteiger partial charge < -0.3 is 0 Å². The van der Waals surface area contributed by atoms with Crippen molar-refractivity contribution in [3.8, 4) is 17.1 Å². The Bertz CT molecular complexity index is 934. The van der Waals surface area contributed by atoms with E-state index in [2.05, 4.69) is 60.2 Å². The van der Waals surface area contributed by atoms with Gasteiger partial charge in [0, 0.05) is 18.0 Å². The Hall–Kier alpha value is -2.35. The first-order valence-electron chi connectivity index (χ1n) is 12.0. The van der Waals surface area contributed by atoms with E-state index in [9.17, 15) is 0 Å². The highest BCUT2D eigenvalue weighted by atomic mass is 15.1. The van der Waals surface area contributed by atoms with Crippen LogP contribution in [0.3, 0.4) is 0 Å². The molecule has 0 amide bonds. The van der Waals surface area contributed by atoms with Crippen LogP contribution in [0.1, 0.15) is 92.7 Å². The molecule has 2 heteroatoms. The standard InChI is InChI=1S/C28H34N2/c1-21-19-25(22-11-5-2-6-12-22)27(26(20-21)23-13-7-3-8-14-23)30-18-17-29-28(30)24-15-9-4-10-16-24/h4,9-10,15-20,22-23H,2-3,5-8,11-14H2,1H3. The van der Waals surface area contributed by atoms with Crippen molar-refractivity contribution in [2.24, 2.45) is 0 Å². The lowest BCUT2D eigenvalue weighted by atomic mass is 9.77. The van der Waals surface area contributed by atoms with Crippen LogP contribution < -0.4 is 0 Å². The molecule has 0 N–H and O–H groups in total. The van der Waals surface area contributed by atoms with E-state index < -0.39 is 0 Å². The second kappa shape index (κ2) is 8.79. The molecule has 0 bridgehead atoms. The molecule has 1 heterocycles. The molecule has 0 aliphatic heterocycles. The number of nitrogens with zero attached hydrogens (tertiary/aromatic N) is 2. The molecule has 30 heavy (non-hydrogen) atoms. The maximum atomic E-state index is 4.82. The molecule has 1 aromatic heterocycles. The highest BCUT2D eigenvalue weighted by Crippen LogP contribution is 2.43. The highest BCUT2D eigenvalue weighted by Gasteiger charge is 2.27. The number of aryl methyl sites for hydroxylation is 1. The Morgan fingerprint density at radius 1 is 0.767 bits per heavy atom. The summed E-state index contributed by atoms with van der Waals surface area (Å²) in [6, 6.07) is 15.7. The summed E-state index contributed by atoms with van der Waals surface area (Å²) in [6.07, 6.45) is 17.8. The van der Waals surface area contributed by atoms with Crippen LogP contribution in [0, 0.1) is 6.92 Å². The summed E-state index contributed by atoms with van der Waals surface area (Å²) in [5, 5.41) is 0. The van der Waals surface area contributed by atoms with Gasteiger partial charge in [0.2, 0.25) is 0 Å². The van der Waals surface area contributed by atoms with Gasteiger partial charge in [-0.25, -0.2) is 4.98 Å². The first kappa shape index (κ1) is 19.6. The van der Waals surface area contributed by atoms with Gasteiger partial charge in [-0.3, -0.25) is 4.57 Å². The molecule has 156 valence electrons. The number of hydrogen-bond donors (Lipinski definition) is 0. The Labute approximate surface area is 181 Å². The third-order valence-electron chi connectivity index (χ3n) is 7.32. The van der Waals surface area contributed by atoms with Crippen LogP contribution in [-0.4, -0.2) is 9.55 Å². The average Bonchev–Trinajstić information content (AvgIpc) is 3.30. The fourth-order valence-corrected chi connectivity index (χ4v) is 5.85. The Balaban J connectivity index is 1.70. The first-order chi connectivity index (χ1) is 14.8. The minimum Gasteiger partial charge on any atom is -0.299 e. The largest absolute Gasteiger partial charge is 0.299 e. The average molecular weight is 399 g/mol. The van der Waals surface area contributed by atoms with Gasteiger partial charge in [0.25, 0.3) is 0 Å². The fraction of sp³-hybridized carbons (Fsp3) is 0.464. The van der Waals surface area contributed by atoms with Crippen LogP contribution in [0.15, 0.2) is 54.9 Å². The number of benzene rings is 2. The van der Waals surface area contributed by atoms with Crippen LogP contribution in [0.25, 0.3) is 17.1 Å². The van der Waals surface area contributed by atoms with Crippen molar-refractivity contribution < 1.29 is 0 Å². The maximum absolute atomic E-state index is 4.82. The van der Waals surface area contributed by atoms with Crippen LogP contribution in [-0.2, 0) is 0 Å². The van der Waals surface area contributed by atoms with Gasteiger partial charge in [0.1, 0.15) is 5.82 Å². The van der Waals surface area contributed by atoms with Gasteiger partial charge in [-0.15, -0.1) is 0 Å². The summed E-state index contributed by atoms with van der Waals surface area (Å²) < 4.78 is 2.42. The lowest BCUT2D eigenvalue weighted by molar-refractivity contribution is 0.433. The van der Waals surface area contributed by atoms with Crippen molar-refractivity contribution in [3.63, 3.8) is 0 Å². The zero-order chi connectivity index (χ0) is 20.3. The highest BCUT2D eigenvalue weighted by molar-refractivity contribution is 5.63. The smallest absolute Gasteiger partial charge is 0.144 e. The summed E-state index contributed by atoms with van der Waals surface area (Å²) in [5.41, 5.74) is 7.24. The van der Waals surface area contributed by atoms with E-state index in [0.717, 1.165) is 5.82 Å². The Kier molecular flexibility index (Phi) is 5.75. The van der Waals surface area contributed by atoms with Crippen LogP contribution in [0.5, 0.6) is 0 Å². The summed E-state index contributed by atoms with van der Waals surface area (Å²) in [4.78, 5) is 4.82. The first-order valence-corrected chi connectivity index (χ1v) is 12.0. The number of imidazole rings is 1. The molecule has 2 nitrogen and oxygen atoms in total. The number of hydrogen-bond acceptors (Lipinski definition) is 1. The van der Waals surface area contributed by atoms with Crippen molar-refractivity contribution in [1.82, 2.24) is 9.55 Å². The minimum atomic E-state index is 0.682. The molecule has 2 aromatic carbocycles. The second-order valence-electron chi connectivity index (χ2n) is 9.45. The van der Waals surface area contributed by atoms with E-state index in [-0.39, 0.29) is 0 Å². The second-order valence-corrected chi connectivity index (χ2v) is 9.45. The fourth-order valence-electron chi connectivity index (χ4n) is 5.85. The van der Waals surface area contributed by atoms with Crippen molar-refractivity contribution >= 4 is 0 Å². The normalized spacial score (nSPS) is 18.6. The molecule has 5 rings (SSSR count). The van der Waals surface area contributed by atoms with Crippen molar-refractivity contribution in [2.45, 2.75) is 83.0 Å². The molecule has 0 spiro atoms. The molecule has 2 fully saturated rings. The predicted octanol–water partition coefficient (Wildman–Crippen LogP) is 7.94. The van der Waals surface area contributed by atoms with Crippen molar-refractivity contribution in [1.29, 1.82) is 0 Å². The van der Waals surface area contributed by atoms with Gasteiger partial charge in [0.05, 0.1) is 5.69 Å². The molecule has 0 radical (unpaired) electrons. The molecule has 0 atom stereocenters. The summed E-state index contributed by atoms with van der Waals surface area (Å²) in [6.45, 7) is 2.30. The summed E-state index contributed by atoms with van der Waals surface area (Å²) in [5.74, 6) is 2.44. The maximum Gasteiger partial charge on any atom is 0.144 e. The topological polar surface area (TPSA) is 17.8 Å². The molecule has 0 saturated heterocycles. The lowest BCUT2D eigenvalue weighted by Gasteiger charge is -2.31. The van der Waals surface area contributed by atoms with E-state index in [1.165, 1.54) is 81.0 Å². The van der Waals surface area contributed by atoms with E-state index in [1.807, 2.05) is 6.20 Å². The van der Waals surface area contributed by atoms with Crippen molar-refractivity contribution in [2.75, 3.05) is 0 Å². The van der Waals surface area contributed by atoms with Crippen LogP contribution in [0.2, 0.25) is 0 Å². The van der Waals surface area contributed by atoms with E-state index in [0.29, 0.717) is 11.8 Å². The molecule has 2 aliphatic carbocycles. The Morgan fingerprint density at radius 3 is 1.90 bits per heavy atom. The van der Waals surface area contributed by atoms with Gasteiger partial charge >= 0.3 is 0 Å². The summed E-state index contributed by atoms with van der Waals surface area (Å²) in [7, 11) is 0. The molecular formula is C28H34N2. The third kappa shape index (κ3) is 3.85. The van der Waals surface area contributed by atoms with Gasteiger partial charge in [0.15, 0.2) is 0 Å². The van der Waals surface area contributed by atoms with E-state index >= 15 is 0 Å². The molecule has 2 aliphatic rings. The summed E-state index contributed by atoms with van der Waals surface area (Å²) >= 11 is 0. The van der Waals surface area contributed by atoms with Crippen LogP contribution >= 0.6 is 0 Å². The van der Waals surface area contributed by atoms with Crippen LogP contribution in [0.4, 0.5) is 0 Å².